The fourth-order valence-electron chi connectivity index (χ4n) is 5.18. The van der Waals surface area contributed by atoms with Crippen LogP contribution in [0.5, 0.6) is 0 Å². The zero-order valence-electron chi connectivity index (χ0n) is 23.6. The van der Waals surface area contributed by atoms with Crippen LogP contribution in [0.1, 0.15) is 18.9 Å². The van der Waals surface area contributed by atoms with Crippen molar-refractivity contribution in [2.24, 2.45) is 0 Å². The number of thioether (sulfide) groups is 1. The molecule has 1 fully saturated rings. The van der Waals surface area contributed by atoms with Crippen LogP contribution < -0.4 is 4.90 Å². The molecular weight excluding hydrogens is 638 g/mol. The second-order valence-electron chi connectivity index (χ2n) is 10.5. The molecule has 5 rings (SSSR count). The van der Waals surface area contributed by atoms with Crippen LogP contribution in [0.3, 0.4) is 0 Å². The molecule has 2 aliphatic rings. The molecule has 0 aliphatic carbocycles. The molecule has 2 heterocycles. The molecule has 1 unspecified atom stereocenters. The number of para-hydroxylation sites is 1. The maximum Gasteiger partial charge on any atom is 0.416 e. The lowest BCUT2D eigenvalue weighted by Gasteiger charge is -2.36. The highest BCUT2D eigenvalue weighted by atomic mass is 35.5. The van der Waals surface area contributed by atoms with Gasteiger partial charge in [0.15, 0.2) is 0 Å². The molecule has 0 aromatic heterocycles. The minimum Gasteiger partial charge on any atom is -0.463 e. The Morgan fingerprint density at radius 3 is 2.26 bits per heavy atom. The zero-order valence-corrected chi connectivity index (χ0v) is 26.7. The Hall–Kier alpha value is -2.08. The summed E-state index contributed by atoms with van der Waals surface area (Å²) < 4.78 is 46.0. The van der Waals surface area contributed by atoms with Gasteiger partial charge in [-0.05, 0) is 68.4 Å². The first-order valence-electron chi connectivity index (χ1n) is 14.1. The highest BCUT2D eigenvalue weighted by Gasteiger charge is 2.33. The first kappa shape index (κ1) is 32.3. The van der Waals surface area contributed by atoms with E-state index in [1.54, 1.807) is 31.2 Å². The van der Waals surface area contributed by atoms with Gasteiger partial charge in [0.25, 0.3) is 0 Å². The molecule has 0 N–H and O–H groups in total. The van der Waals surface area contributed by atoms with Crippen molar-refractivity contribution >= 4 is 64.1 Å². The number of anilines is 2. The van der Waals surface area contributed by atoms with Crippen molar-refractivity contribution in [3.8, 4) is 0 Å². The number of halogens is 5. The number of carbonyl (C=O) groups excluding carboxylic acids is 1. The summed E-state index contributed by atoms with van der Waals surface area (Å²) >= 11 is 15.0. The van der Waals surface area contributed by atoms with Gasteiger partial charge >= 0.3 is 12.1 Å². The Labute approximate surface area is 268 Å². The number of hydrogen-bond acceptors (Lipinski definition) is 7. The summed E-state index contributed by atoms with van der Waals surface area (Å²) in [6, 6.07) is 17.1. The smallest absolute Gasteiger partial charge is 0.416 e. The third-order valence-corrected chi connectivity index (χ3v) is 10.0. The fraction of sp³-hybridized carbons (Fsp3) is 0.387. The van der Waals surface area contributed by atoms with E-state index in [-0.39, 0.29) is 11.2 Å². The molecule has 12 heteroatoms. The van der Waals surface area contributed by atoms with E-state index in [1.165, 1.54) is 29.6 Å². The zero-order chi connectivity index (χ0) is 30.6. The van der Waals surface area contributed by atoms with Crippen molar-refractivity contribution in [3.05, 3.63) is 76.3 Å². The van der Waals surface area contributed by atoms with E-state index in [2.05, 4.69) is 9.80 Å². The second-order valence-corrected chi connectivity index (χ2v) is 13.8. The van der Waals surface area contributed by atoms with Crippen LogP contribution in [0.25, 0.3) is 0 Å². The summed E-state index contributed by atoms with van der Waals surface area (Å²) in [7, 11) is 0. The highest BCUT2D eigenvalue weighted by molar-refractivity contribution is 8.00. The summed E-state index contributed by atoms with van der Waals surface area (Å²) in [6.07, 6.45) is -3.57. The van der Waals surface area contributed by atoms with E-state index in [1.807, 2.05) is 29.2 Å². The number of esters is 1. The van der Waals surface area contributed by atoms with Crippen molar-refractivity contribution < 1.29 is 22.7 Å². The van der Waals surface area contributed by atoms with E-state index in [4.69, 9.17) is 27.9 Å². The standard InChI is InChI=1S/C31H32Cl2F3N3O2S2/c1-21(42-25-19-23(32)18-24(33)20-25)30(40)41-16-15-38-13-11-37(12-14-38)9-4-10-39-26-5-2-3-6-28(26)43-29-8-7-22(17-27(29)39)31(34,35)36/h2-3,5-8,17-21H,4,9-16H2,1H3. The lowest BCUT2D eigenvalue weighted by molar-refractivity contribution is -0.143. The Morgan fingerprint density at radius 2 is 1.56 bits per heavy atom. The number of fused-ring (bicyclic) bond motifs is 2. The molecule has 43 heavy (non-hydrogen) atoms. The minimum absolute atomic E-state index is 0.277. The topological polar surface area (TPSA) is 36.0 Å². The fourth-order valence-corrected chi connectivity index (χ4v) is 7.87. The van der Waals surface area contributed by atoms with Gasteiger partial charge in [0, 0.05) is 64.0 Å². The van der Waals surface area contributed by atoms with Gasteiger partial charge in [-0.25, -0.2) is 0 Å². The van der Waals surface area contributed by atoms with Crippen LogP contribution in [0.4, 0.5) is 24.5 Å². The molecule has 0 amide bonds. The molecule has 230 valence electrons. The quantitative estimate of drug-likeness (QED) is 0.159. The number of nitrogens with zero attached hydrogens (tertiary/aromatic N) is 3. The summed E-state index contributed by atoms with van der Waals surface area (Å²) in [5, 5.41) is 0.662. The predicted octanol–water partition coefficient (Wildman–Crippen LogP) is 8.35. The van der Waals surface area contributed by atoms with E-state index in [0.717, 1.165) is 65.6 Å². The van der Waals surface area contributed by atoms with Gasteiger partial charge in [0.2, 0.25) is 0 Å². The number of alkyl halides is 3. The van der Waals surface area contributed by atoms with E-state index < -0.39 is 11.7 Å². The van der Waals surface area contributed by atoms with Crippen molar-refractivity contribution in [1.29, 1.82) is 0 Å². The van der Waals surface area contributed by atoms with Crippen LogP contribution in [-0.2, 0) is 15.7 Å². The normalized spacial score (nSPS) is 16.5. The summed E-state index contributed by atoms with van der Waals surface area (Å²) in [5.41, 5.74) is 0.932. The number of piperazine rings is 1. The highest BCUT2D eigenvalue weighted by Crippen LogP contribution is 2.49. The first-order valence-corrected chi connectivity index (χ1v) is 16.5. The molecular formula is C31H32Cl2F3N3O2S2. The second kappa shape index (κ2) is 14.3. The summed E-state index contributed by atoms with van der Waals surface area (Å²) in [5.74, 6) is -0.277. The van der Waals surface area contributed by atoms with Gasteiger partial charge in [0.1, 0.15) is 11.9 Å². The number of ether oxygens (including phenoxy) is 1. The van der Waals surface area contributed by atoms with Crippen LogP contribution in [0.2, 0.25) is 10.0 Å². The van der Waals surface area contributed by atoms with E-state index >= 15 is 0 Å². The maximum atomic E-state index is 13.5. The van der Waals surface area contributed by atoms with Crippen molar-refractivity contribution in [2.75, 3.05) is 57.3 Å². The number of carbonyl (C=O) groups is 1. The molecule has 0 spiro atoms. The largest absolute Gasteiger partial charge is 0.463 e. The lowest BCUT2D eigenvalue weighted by Crippen LogP contribution is -2.47. The summed E-state index contributed by atoms with van der Waals surface area (Å²) in [4.78, 5) is 21.9. The van der Waals surface area contributed by atoms with Crippen LogP contribution in [0.15, 0.2) is 75.4 Å². The maximum absolute atomic E-state index is 13.5. The molecule has 3 aromatic rings. The Bertz CT molecular complexity index is 1420. The molecule has 1 atom stereocenters. The van der Waals surface area contributed by atoms with Crippen molar-refractivity contribution in [1.82, 2.24) is 9.80 Å². The average molecular weight is 671 g/mol. The van der Waals surface area contributed by atoms with Crippen LogP contribution >= 0.6 is 46.7 Å². The molecule has 1 saturated heterocycles. The number of hydrogen-bond donors (Lipinski definition) is 0. The van der Waals surface area contributed by atoms with Gasteiger partial charge in [-0.2, -0.15) is 13.2 Å². The molecule has 0 saturated carbocycles. The Kier molecular flexibility index (Phi) is 10.8. The number of rotatable bonds is 10. The minimum atomic E-state index is -4.39. The van der Waals surface area contributed by atoms with Crippen molar-refractivity contribution in [3.63, 3.8) is 0 Å². The van der Waals surface area contributed by atoms with Gasteiger partial charge in [-0.1, -0.05) is 47.1 Å². The van der Waals surface area contributed by atoms with Gasteiger partial charge < -0.3 is 14.5 Å². The lowest BCUT2D eigenvalue weighted by atomic mass is 10.1. The molecule has 2 aliphatic heterocycles. The monoisotopic (exact) mass is 669 g/mol. The average Bonchev–Trinajstić information content (AvgIpc) is 2.96. The molecule has 5 nitrogen and oxygen atoms in total. The van der Waals surface area contributed by atoms with Crippen molar-refractivity contribution in [2.45, 2.75) is 39.5 Å². The van der Waals surface area contributed by atoms with Crippen LogP contribution in [-0.4, -0.2) is 73.4 Å². The third kappa shape index (κ3) is 8.55. The molecule has 0 bridgehead atoms. The first-order chi connectivity index (χ1) is 20.6. The molecule has 3 aromatic carbocycles. The van der Waals surface area contributed by atoms with Gasteiger partial charge in [-0.3, -0.25) is 9.69 Å². The number of benzene rings is 3. The Balaban J connectivity index is 1.06. The predicted molar refractivity (Wildman–Crippen MR) is 169 cm³/mol. The van der Waals surface area contributed by atoms with Gasteiger partial charge in [-0.15, -0.1) is 11.8 Å². The third-order valence-electron chi connectivity index (χ3n) is 7.41. The SMILES string of the molecule is CC(Sc1cc(Cl)cc(Cl)c1)C(=O)OCCN1CCN(CCCN2c3ccccc3Sc3ccc(C(F)(F)F)cc32)CC1. The van der Waals surface area contributed by atoms with Crippen LogP contribution in [0, 0.1) is 0 Å². The van der Waals surface area contributed by atoms with Gasteiger partial charge in [0.05, 0.1) is 16.9 Å². The summed E-state index contributed by atoms with van der Waals surface area (Å²) in [6.45, 7) is 7.77. The van der Waals surface area contributed by atoms with E-state index in [0.29, 0.717) is 35.4 Å². The van der Waals surface area contributed by atoms with E-state index in [9.17, 15) is 18.0 Å². The molecule has 0 radical (unpaired) electrons. The Morgan fingerprint density at radius 1 is 0.907 bits per heavy atom.